The molecule has 3 aromatic rings. The van der Waals surface area contributed by atoms with Crippen LogP contribution < -0.4 is 4.90 Å². The van der Waals surface area contributed by atoms with Crippen molar-refractivity contribution in [2.24, 2.45) is 0 Å². The lowest BCUT2D eigenvalue weighted by Crippen LogP contribution is -2.40. The van der Waals surface area contributed by atoms with Crippen LogP contribution in [0.15, 0.2) is 35.0 Å². The van der Waals surface area contributed by atoms with Crippen LogP contribution in [0.25, 0.3) is 11.5 Å². The summed E-state index contributed by atoms with van der Waals surface area (Å²) in [6.07, 6.45) is 3.69. The van der Waals surface area contributed by atoms with E-state index in [9.17, 15) is 4.79 Å². The van der Waals surface area contributed by atoms with E-state index >= 15 is 0 Å². The number of likely N-dealkylation sites (tertiary alicyclic amines) is 1. The second-order valence-electron chi connectivity index (χ2n) is 7.49. The lowest BCUT2D eigenvalue weighted by molar-refractivity contribution is 0.0672. The molecule has 1 saturated heterocycles. The van der Waals surface area contributed by atoms with Gasteiger partial charge in [-0.05, 0) is 51.0 Å². The van der Waals surface area contributed by atoms with Crippen molar-refractivity contribution in [2.45, 2.75) is 39.7 Å². The number of aryl methyl sites for hydroxylation is 1. The van der Waals surface area contributed by atoms with Gasteiger partial charge < -0.3 is 14.3 Å². The Morgan fingerprint density at radius 1 is 1.23 bits per heavy atom. The first-order valence-electron chi connectivity index (χ1n) is 10.5. The molecule has 1 unspecified atom stereocenters. The van der Waals surface area contributed by atoms with Gasteiger partial charge >= 0.3 is 0 Å². The summed E-state index contributed by atoms with van der Waals surface area (Å²) in [5, 5.41) is 12.3. The maximum Gasteiger partial charge on any atom is 0.253 e. The molecule has 2 aromatic heterocycles. The number of carbonyl (C=O) groups is 1. The van der Waals surface area contributed by atoms with Crippen LogP contribution >= 0.6 is 0 Å². The van der Waals surface area contributed by atoms with Crippen molar-refractivity contribution >= 4 is 11.6 Å². The Morgan fingerprint density at radius 2 is 2.00 bits per heavy atom. The smallest absolute Gasteiger partial charge is 0.253 e. The summed E-state index contributed by atoms with van der Waals surface area (Å²) in [7, 11) is 0. The van der Waals surface area contributed by atoms with E-state index in [1.54, 1.807) is 6.92 Å². The third-order valence-corrected chi connectivity index (χ3v) is 5.57. The van der Waals surface area contributed by atoms with Gasteiger partial charge in [-0.1, -0.05) is 10.4 Å². The zero-order valence-electron chi connectivity index (χ0n) is 17.7. The Bertz CT molecular complexity index is 991. The van der Waals surface area contributed by atoms with E-state index in [0.29, 0.717) is 29.5 Å². The van der Waals surface area contributed by atoms with Crippen LogP contribution in [0.3, 0.4) is 0 Å². The molecule has 4 rings (SSSR count). The molecule has 0 N–H and O–H groups in total. The summed E-state index contributed by atoms with van der Waals surface area (Å²) in [6, 6.07) is 7.97. The number of aromatic nitrogens is 5. The zero-order valence-corrected chi connectivity index (χ0v) is 17.7. The summed E-state index contributed by atoms with van der Waals surface area (Å²) >= 11 is 0. The van der Waals surface area contributed by atoms with Crippen molar-refractivity contribution in [3.8, 4) is 11.5 Å². The molecule has 1 aliphatic rings. The van der Waals surface area contributed by atoms with E-state index < -0.39 is 0 Å². The van der Waals surface area contributed by atoms with Crippen molar-refractivity contribution in [2.75, 3.05) is 31.1 Å². The number of anilines is 1. The number of nitrogens with zero attached hydrogens (tertiary/aromatic N) is 7. The van der Waals surface area contributed by atoms with Crippen LogP contribution in [0.2, 0.25) is 0 Å². The first-order valence-corrected chi connectivity index (χ1v) is 10.5. The van der Waals surface area contributed by atoms with E-state index in [1.165, 1.54) is 0 Å². The van der Waals surface area contributed by atoms with Gasteiger partial charge in [0.15, 0.2) is 5.69 Å². The van der Waals surface area contributed by atoms with Gasteiger partial charge in [0.1, 0.15) is 0 Å². The summed E-state index contributed by atoms with van der Waals surface area (Å²) < 4.78 is 6.82. The minimum Gasteiger partial charge on any atom is -0.372 e. The molecular formula is C21H27N7O2. The van der Waals surface area contributed by atoms with Gasteiger partial charge in [-0.25, -0.2) is 4.68 Å². The normalized spacial score (nSPS) is 16.6. The molecule has 0 saturated carbocycles. The number of hydrogen-bond donors (Lipinski definition) is 0. The molecule has 0 spiro atoms. The fourth-order valence-corrected chi connectivity index (χ4v) is 3.90. The summed E-state index contributed by atoms with van der Waals surface area (Å²) in [5.41, 5.74) is 2.43. The average Bonchev–Trinajstić information content (AvgIpc) is 3.44. The number of amides is 1. The predicted molar refractivity (Wildman–Crippen MR) is 112 cm³/mol. The van der Waals surface area contributed by atoms with Crippen LogP contribution in [0, 0.1) is 6.92 Å². The Kier molecular flexibility index (Phi) is 5.78. The van der Waals surface area contributed by atoms with Crippen LogP contribution in [0.4, 0.5) is 5.69 Å². The molecule has 0 aliphatic carbocycles. The lowest BCUT2D eigenvalue weighted by Gasteiger charge is -2.32. The molecule has 0 bridgehead atoms. The Labute approximate surface area is 175 Å². The van der Waals surface area contributed by atoms with Gasteiger partial charge in [0.05, 0.1) is 12.2 Å². The standard InChI is InChI=1S/C21H27N7O2/c1-4-26(5-2)17-10-8-16(9-11-17)21(29)27-12-6-7-18(13-27)28-14-19(23-25-28)20-22-15(3)30-24-20/h8-11,14,18H,4-7,12-13H2,1-3H3. The molecule has 1 aromatic carbocycles. The van der Waals surface area contributed by atoms with Gasteiger partial charge in [-0.15, -0.1) is 5.10 Å². The number of piperidine rings is 1. The van der Waals surface area contributed by atoms with Crippen LogP contribution in [0.5, 0.6) is 0 Å². The van der Waals surface area contributed by atoms with Crippen molar-refractivity contribution in [1.29, 1.82) is 0 Å². The van der Waals surface area contributed by atoms with Gasteiger partial charge in [-0.2, -0.15) is 4.98 Å². The minimum absolute atomic E-state index is 0.0555. The zero-order chi connectivity index (χ0) is 21.1. The SMILES string of the molecule is CCN(CC)c1ccc(C(=O)N2CCCC(n3cc(-c4noc(C)n4)nn3)C2)cc1. The molecule has 30 heavy (non-hydrogen) atoms. The highest BCUT2D eigenvalue weighted by molar-refractivity contribution is 5.94. The first kappa shape index (κ1) is 20.1. The highest BCUT2D eigenvalue weighted by Crippen LogP contribution is 2.24. The van der Waals surface area contributed by atoms with E-state index in [1.807, 2.05) is 40.0 Å². The molecule has 158 valence electrons. The molecule has 1 amide bonds. The monoisotopic (exact) mass is 409 g/mol. The highest BCUT2D eigenvalue weighted by Gasteiger charge is 2.27. The van der Waals surface area contributed by atoms with Gasteiger partial charge in [-0.3, -0.25) is 4.79 Å². The van der Waals surface area contributed by atoms with Crippen LogP contribution in [0.1, 0.15) is 49.0 Å². The minimum atomic E-state index is 0.0555. The van der Waals surface area contributed by atoms with E-state index in [2.05, 4.69) is 39.2 Å². The van der Waals surface area contributed by atoms with Crippen LogP contribution in [-0.2, 0) is 0 Å². The molecule has 1 atom stereocenters. The number of benzene rings is 1. The first-order chi connectivity index (χ1) is 14.6. The van der Waals surface area contributed by atoms with Gasteiger partial charge in [0.25, 0.3) is 5.91 Å². The van der Waals surface area contributed by atoms with Gasteiger partial charge in [0, 0.05) is 44.4 Å². The average molecular weight is 409 g/mol. The quantitative estimate of drug-likeness (QED) is 0.618. The third kappa shape index (κ3) is 4.05. The molecule has 0 radical (unpaired) electrons. The van der Waals surface area contributed by atoms with E-state index in [-0.39, 0.29) is 11.9 Å². The summed E-state index contributed by atoms with van der Waals surface area (Å²) in [6.45, 7) is 9.24. The molecule has 1 fully saturated rings. The van der Waals surface area contributed by atoms with Gasteiger partial charge in [0.2, 0.25) is 11.7 Å². The number of rotatable bonds is 6. The highest BCUT2D eigenvalue weighted by atomic mass is 16.5. The largest absolute Gasteiger partial charge is 0.372 e. The van der Waals surface area contributed by atoms with Crippen LogP contribution in [-0.4, -0.2) is 62.1 Å². The summed E-state index contributed by atoms with van der Waals surface area (Å²) in [5.74, 6) is 0.969. The molecule has 3 heterocycles. The number of hydrogen-bond acceptors (Lipinski definition) is 7. The Balaban J connectivity index is 1.45. The topological polar surface area (TPSA) is 93.2 Å². The Morgan fingerprint density at radius 3 is 2.67 bits per heavy atom. The fraction of sp³-hybridized carbons (Fsp3) is 0.476. The second kappa shape index (κ2) is 8.64. The summed E-state index contributed by atoms with van der Waals surface area (Å²) in [4.78, 5) is 21.4. The lowest BCUT2D eigenvalue weighted by atomic mass is 10.0. The predicted octanol–water partition coefficient (Wildman–Crippen LogP) is 2.96. The second-order valence-corrected chi connectivity index (χ2v) is 7.49. The fourth-order valence-electron chi connectivity index (χ4n) is 3.90. The molecule has 9 heteroatoms. The molecular weight excluding hydrogens is 382 g/mol. The molecule has 1 aliphatic heterocycles. The van der Waals surface area contributed by atoms with Crippen molar-refractivity contribution in [3.05, 3.63) is 41.9 Å². The molecule has 9 nitrogen and oxygen atoms in total. The number of carbonyl (C=O) groups excluding carboxylic acids is 1. The Hall–Kier alpha value is -3.23. The van der Waals surface area contributed by atoms with E-state index in [4.69, 9.17) is 4.52 Å². The van der Waals surface area contributed by atoms with E-state index in [0.717, 1.165) is 38.2 Å². The maximum absolute atomic E-state index is 13.1. The van der Waals surface area contributed by atoms with Crippen molar-refractivity contribution < 1.29 is 9.32 Å². The third-order valence-electron chi connectivity index (χ3n) is 5.57. The van der Waals surface area contributed by atoms with Crippen molar-refractivity contribution in [3.63, 3.8) is 0 Å². The maximum atomic E-state index is 13.1. The van der Waals surface area contributed by atoms with Crippen molar-refractivity contribution in [1.82, 2.24) is 30.0 Å².